The van der Waals surface area contributed by atoms with Crippen LogP contribution in [0.4, 0.5) is 0 Å². The van der Waals surface area contributed by atoms with Crippen molar-refractivity contribution in [2.75, 3.05) is 13.7 Å². The molecule has 0 aromatic heterocycles. The Morgan fingerprint density at radius 2 is 1.70 bits per heavy atom. The molecule has 0 amide bonds. The number of hydrogen-bond donors (Lipinski definition) is 0. The molecule has 23 heavy (non-hydrogen) atoms. The number of hydrogen-bond acceptors (Lipinski definition) is 6. The molecule has 6 heteroatoms. The first-order valence-electron chi connectivity index (χ1n) is 8.22. The highest BCUT2D eigenvalue weighted by atomic mass is 16.8. The van der Waals surface area contributed by atoms with Crippen molar-refractivity contribution < 1.29 is 28.5 Å². The van der Waals surface area contributed by atoms with Crippen molar-refractivity contribution in [1.29, 1.82) is 0 Å². The molecule has 4 aliphatic rings. The predicted molar refractivity (Wildman–Crippen MR) is 79.4 cm³/mol. The van der Waals surface area contributed by atoms with Gasteiger partial charge in [-0.15, -0.1) is 0 Å². The molecule has 2 aliphatic heterocycles. The van der Waals surface area contributed by atoms with Crippen molar-refractivity contribution in [1.82, 2.24) is 0 Å². The Labute approximate surface area is 136 Å². The zero-order chi connectivity index (χ0) is 16.6. The van der Waals surface area contributed by atoms with Gasteiger partial charge in [0, 0.05) is 17.4 Å². The van der Waals surface area contributed by atoms with Crippen LogP contribution in [0.5, 0.6) is 0 Å². The first-order chi connectivity index (χ1) is 10.7. The van der Waals surface area contributed by atoms with Gasteiger partial charge in [-0.3, -0.25) is 0 Å². The van der Waals surface area contributed by atoms with E-state index in [2.05, 4.69) is 0 Å². The minimum atomic E-state index is -0.633. The van der Waals surface area contributed by atoms with E-state index in [1.807, 2.05) is 27.7 Å². The minimum absolute atomic E-state index is 0.0153. The highest BCUT2D eigenvalue weighted by molar-refractivity contribution is 5.91. The normalized spacial score (nSPS) is 43.1. The Morgan fingerprint density at radius 3 is 2.26 bits per heavy atom. The molecule has 2 bridgehead atoms. The molecule has 0 radical (unpaired) electrons. The zero-order valence-electron chi connectivity index (χ0n) is 14.3. The number of carbonyl (C=O) groups is 1. The van der Waals surface area contributed by atoms with Gasteiger partial charge in [0.05, 0.1) is 25.9 Å². The number of methoxy groups -OCH3 is 1. The highest BCUT2D eigenvalue weighted by Crippen LogP contribution is 2.57. The zero-order valence-corrected chi connectivity index (χ0v) is 14.3. The van der Waals surface area contributed by atoms with Crippen LogP contribution in [0.25, 0.3) is 0 Å². The summed E-state index contributed by atoms with van der Waals surface area (Å²) in [6.45, 7) is 8.06. The van der Waals surface area contributed by atoms with Crippen molar-refractivity contribution in [3.63, 3.8) is 0 Å². The number of rotatable bonds is 2. The lowest BCUT2D eigenvalue weighted by molar-refractivity contribution is -0.158. The first kappa shape index (κ1) is 15.6. The van der Waals surface area contributed by atoms with E-state index in [0.29, 0.717) is 12.2 Å². The molecule has 0 unspecified atom stereocenters. The Hall–Kier alpha value is -0.950. The summed E-state index contributed by atoms with van der Waals surface area (Å²) < 4.78 is 28.9. The molecule has 128 valence electrons. The van der Waals surface area contributed by atoms with E-state index >= 15 is 0 Å². The van der Waals surface area contributed by atoms with Crippen LogP contribution in [-0.2, 0) is 28.5 Å². The molecule has 0 spiro atoms. The average molecular weight is 324 g/mol. The summed E-state index contributed by atoms with van der Waals surface area (Å²) in [6, 6.07) is 0. The van der Waals surface area contributed by atoms with Crippen LogP contribution in [0.3, 0.4) is 0 Å². The molecule has 0 N–H and O–H groups in total. The molecule has 4 rings (SSSR count). The second-order valence-electron chi connectivity index (χ2n) is 7.69. The molecule has 2 aliphatic carbocycles. The van der Waals surface area contributed by atoms with Gasteiger partial charge in [-0.05, 0) is 39.7 Å². The fourth-order valence-corrected chi connectivity index (χ4v) is 4.61. The van der Waals surface area contributed by atoms with Crippen molar-refractivity contribution in [2.45, 2.75) is 64.0 Å². The van der Waals surface area contributed by atoms with Crippen LogP contribution in [-0.4, -0.2) is 49.6 Å². The quantitative estimate of drug-likeness (QED) is 0.722. The van der Waals surface area contributed by atoms with E-state index in [-0.39, 0.29) is 36.1 Å². The van der Waals surface area contributed by atoms with Crippen LogP contribution in [0.2, 0.25) is 0 Å². The lowest BCUT2D eigenvalue weighted by atomic mass is 9.85. The number of esters is 1. The van der Waals surface area contributed by atoms with E-state index in [1.165, 1.54) is 7.11 Å². The molecule has 3 fully saturated rings. The monoisotopic (exact) mass is 324 g/mol. The van der Waals surface area contributed by atoms with Crippen LogP contribution < -0.4 is 0 Å². The van der Waals surface area contributed by atoms with E-state index in [4.69, 9.17) is 23.7 Å². The van der Waals surface area contributed by atoms with Gasteiger partial charge < -0.3 is 23.7 Å². The maximum Gasteiger partial charge on any atom is 0.334 e. The fourth-order valence-electron chi connectivity index (χ4n) is 4.61. The van der Waals surface area contributed by atoms with E-state index in [0.717, 1.165) is 12.0 Å². The van der Waals surface area contributed by atoms with Gasteiger partial charge in [-0.1, -0.05) is 0 Å². The third kappa shape index (κ3) is 2.27. The number of carbonyl (C=O) groups excluding carboxylic acids is 1. The van der Waals surface area contributed by atoms with Gasteiger partial charge in [-0.25, -0.2) is 4.79 Å². The Balaban J connectivity index is 1.71. The van der Waals surface area contributed by atoms with Crippen LogP contribution in [0.15, 0.2) is 11.1 Å². The topological polar surface area (TPSA) is 63.2 Å². The van der Waals surface area contributed by atoms with Gasteiger partial charge in [0.15, 0.2) is 11.6 Å². The maximum absolute atomic E-state index is 12.4. The van der Waals surface area contributed by atoms with Crippen molar-refractivity contribution in [3.8, 4) is 0 Å². The second kappa shape index (κ2) is 4.79. The minimum Gasteiger partial charge on any atom is -0.466 e. The lowest BCUT2D eigenvalue weighted by Crippen LogP contribution is -2.37. The lowest BCUT2D eigenvalue weighted by Gasteiger charge is -2.29. The number of fused-ring (bicyclic) bond motifs is 5. The van der Waals surface area contributed by atoms with Gasteiger partial charge in [0.1, 0.15) is 6.10 Å². The Kier molecular flexibility index (Phi) is 3.24. The van der Waals surface area contributed by atoms with Gasteiger partial charge in [0.2, 0.25) is 0 Å². The van der Waals surface area contributed by atoms with E-state index in [9.17, 15) is 4.79 Å². The summed E-state index contributed by atoms with van der Waals surface area (Å²) in [5, 5.41) is 0. The Morgan fingerprint density at radius 1 is 1.04 bits per heavy atom. The van der Waals surface area contributed by atoms with Crippen molar-refractivity contribution in [3.05, 3.63) is 11.1 Å². The summed E-state index contributed by atoms with van der Waals surface area (Å²) in [7, 11) is 1.42. The van der Waals surface area contributed by atoms with Gasteiger partial charge >= 0.3 is 5.97 Å². The fraction of sp³-hybridized carbons (Fsp3) is 0.824. The predicted octanol–water partition coefficient (Wildman–Crippen LogP) is 1.78. The molecule has 0 aromatic carbocycles. The Bertz CT molecular complexity index is 578. The molecule has 2 heterocycles. The summed E-state index contributed by atoms with van der Waals surface area (Å²) in [5.41, 5.74) is 1.71. The molecule has 0 aromatic rings. The first-order valence-corrected chi connectivity index (χ1v) is 8.22. The van der Waals surface area contributed by atoms with Crippen LogP contribution >= 0.6 is 0 Å². The maximum atomic E-state index is 12.4. The van der Waals surface area contributed by atoms with E-state index < -0.39 is 11.6 Å². The van der Waals surface area contributed by atoms with Crippen LogP contribution in [0.1, 0.15) is 34.1 Å². The third-order valence-electron chi connectivity index (χ3n) is 5.31. The molecule has 2 saturated heterocycles. The standard InChI is InChI=1S/C17H24O6/c1-16(2)20-7-10(21-16)11-8-6-9(12(11)15(18)19-5)14-13(8)22-17(3,4)23-14/h8-10,13-14H,6-7H2,1-5H3/t8-,9+,10+,13+,14-/m0/s1. The molecular formula is C17H24O6. The SMILES string of the molecule is COC(=O)C1=C([C@H]2COC(C)(C)O2)[C@@H]2C[C@H]1[C@@H]1OC(C)(C)O[C@@H]12. The molecule has 5 atom stereocenters. The third-order valence-corrected chi connectivity index (χ3v) is 5.31. The summed E-state index contributed by atoms with van der Waals surface area (Å²) >= 11 is 0. The van der Waals surface area contributed by atoms with Crippen molar-refractivity contribution in [2.24, 2.45) is 11.8 Å². The summed E-state index contributed by atoms with van der Waals surface area (Å²) in [5.74, 6) is -1.39. The molecular weight excluding hydrogens is 300 g/mol. The molecule has 1 saturated carbocycles. The van der Waals surface area contributed by atoms with Crippen LogP contribution in [0, 0.1) is 11.8 Å². The largest absolute Gasteiger partial charge is 0.466 e. The highest BCUT2D eigenvalue weighted by Gasteiger charge is 2.63. The van der Waals surface area contributed by atoms with Crippen molar-refractivity contribution >= 4 is 5.97 Å². The second-order valence-corrected chi connectivity index (χ2v) is 7.69. The number of ether oxygens (including phenoxy) is 5. The van der Waals surface area contributed by atoms with Gasteiger partial charge in [0.25, 0.3) is 0 Å². The summed E-state index contributed by atoms with van der Waals surface area (Å²) in [4.78, 5) is 12.4. The van der Waals surface area contributed by atoms with E-state index in [1.54, 1.807) is 0 Å². The smallest absolute Gasteiger partial charge is 0.334 e. The average Bonchev–Trinajstić information content (AvgIpc) is 3.15. The summed E-state index contributed by atoms with van der Waals surface area (Å²) in [6.07, 6.45) is 0.530. The molecule has 6 nitrogen and oxygen atoms in total. The van der Waals surface area contributed by atoms with Gasteiger partial charge in [-0.2, -0.15) is 0 Å².